The number of hydrogen-bond donors (Lipinski definition) is 0. The summed E-state index contributed by atoms with van der Waals surface area (Å²) < 4.78 is 10.6. The van der Waals surface area contributed by atoms with Crippen molar-refractivity contribution in [3.8, 4) is 23.6 Å². The van der Waals surface area contributed by atoms with E-state index < -0.39 is 0 Å². The molecular formula is C18H13ClN2O2. The summed E-state index contributed by atoms with van der Waals surface area (Å²) in [5.74, 6) is 1.13. The SMILES string of the molecule is COc1ccc(C(=C(C#N)C#N)c2ccc(Cl)cc2)c(OC)c1. The van der Waals surface area contributed by atoms with E-state index in [9.17, 15) is 10.5 Å². The summed E-state index contributed by atoms with van der Waals surface area (Å²) >= 11 is 5.92. The number of halogens is 1. The third-order valence-corrected chi connectivity index (χ3v) is 3.54. The van der Waals surface area contributed by atoms with Crippen LogP contribution >= 0.6 is 11.6 Å². The van der Waals surface area contributed by atoms with E-state index in [0.29, 0.717) is 33.2 Å². The minimum absolute atomic E-state index is 0.00390. The Bertz CT molecular complexity index is 812. The Kier molecular flexibility index (Phi) is 5.25. The predicted molar refractivity (Wildman–Crippen MR) is 88.2 cm³/mol. The minimum atomic E-state index is -0.00390. The Morgan fingerprint density at radius 1 is 0.957 bits per heavy atom. The molecule has 0 aliphatic heterocycles. The number of hydrogen-bond acceptors (Lipinski definition) is 4. The molecule has 0 amide bonds. The van der Waals surface area contributed by atoms with Gasteiger partial charge in [0, 0.05) is 22.2 Å². The van der Waals surface area contributed by atoms with E-state index in [1.807, 2.05) is 12.1 Å². The van der Waals surface area contributed by atoms with Gasteiger partial charge in [-0.15, -0.1) is 0 Å². The van der Waals surface area contributed by atoms with Crippen LogP contribution in [0.15, 0.2) is 48.0 Å². The maximum absolute atomic E-state index is 9.32. The van der Waals surface area contributed by atoms with Crippen molar-refractivity contribution in [2.75, 3.05) is 14.2 Å². The van der Waals surface area contributed by atoms with Crippen molar-refractivity contribution < 1.29 is 9.47 Å². The number of ether oxygens (including phenoxy) is 2. The highest BCUT2D eigenvalue weighted by molar-refractivity contribution is 6.30. The first-order chi connectivity index (χ1) is 11.1. The molecule has 0 atom stereocenters. The van der Waals surface area contributed by atoms with Gasteiger partial charge in [-0.05, 0) is 29.8 Å². The summed E-state index contributed by atoms with van der Waals surface area (Å²) in [7, 11) is 3.08. The smallest absolute Gasteiger partial charge is 0.138 e. The van der Waals surface area contributed by atoms with E-state index in [1.54, 1.807) is 49.6 Å². The van der Waals surface area contributed by atoms with Gasteiger partial charge in [-0.1, -0.05) is 23.7 Å². The third kappa shape index (κ3) is 3.45. The second kappa shape index (κ2) is 7.35. The molecule has 0 aromatic heterocycles. The van der Waals surface area contributed by atoms with Crippen LogP contribution in [0.3, 0.4) is 0 Å². The highest BCUT2D eigenvalue weighted by atomic mass is 35.5. The zero-order valence-corrected chi connectivity index (χ0v) is 13.4. The van der Waals surface area contributed by atoms with Crippen molar-refractivity contribution in [2.24, 2.45) is 0 Å². The fourth-order valence-electron chi connectivity index (χ4n) is 2.19. The molecule has 0 radical (unpaired) electrons. The van der Waals surface area contributed by atoms with Gasteiger partial charge in [0.1, 0.15) is 29.2 Å². The van der Waals surface area contributed by atoms with E-state index in [0.717, 1.165) is 0 Å². The van der Waals surface area contributed by atoms with Crippen LogP contribution in [-0.2, 0) is 0 Å². The Morgan fingerprint density at radius 3 is 2.13 bits per heavy atom. The highest BCUT2D eigenvalue weighted by Gasteiger charge is 2.17. The zero-order chi connectivity index (χ0) is 16.8. The molecule has 5 heteroatoms. The van der Waals surface area contributed by atoms with Gasteiger partial charge in [0.2, 0.25) is 0 Å². The lowest BCUT2D eigenvalue weighted by molar-refractivity contribution is 0.393. The normalized spacial score (nSPS) is 9.43. The molecule has 0 N–H and O–H groups in total. The highest BCUT2D eigenvalue weighted by Crippen LogP contribution is 2.36. The molecule has 4 nitrogen and oxygen atoms in total. The molecule has 0 unspecified atom stereocenters. The lowest BCUT2D eigenvalue weighted by Crippen LogP contribution is -1.97. The Hall–Kier alpha value is -2.95. The van der Waals surface area contributed by atoms with Crippen LogP contribution < -0.4 is 9.47 Å². The summed E-state index contributed by atoms with van der Waals surface area (Å²) in [6, 6.07) is 16.0. The average Bonchev–Trinajstić information content (AvgIpc) is 2.60. The Balaban J connectivity index is 2.75. The monoisotopic (exact) mass is 324 g/mol. The summed E-state index contributed by atoms with van der Waals surface area (Å²) in [6.07, 6.45) is 0. The molecule has 0 fully saturated rings. The fraction of sp³-hybridized carbons (Fsp3) is 0.111. The van der Waals surface area contributed by atoms with Crippen LogP contribution in [0.4, 0.5) is 0 Å². The van der Waals surface area contributed by atoms with Gasteiger partial charge in [0.25, 0.3) is 0 Å². The molecule has 2 rings (SSSR count). The second-order valence-electron chi connectivity index (χ2n) is 4.55. The number of rotatable bonds is 4. The molecule has 2 aromatic carbocycles. The van der Waals surface area contributed by atoms with Gasteiger partial charge in [-0.25, -0.2) is 0 Å². The third-order valence-electron chi connectivity index (χ3n) is 3.28. The van der Waals surface area contributed by atoms with Crippen LogP contribution in [0.25, 0.3) is 5.57 Å². The van der Waals surface area contributed by atoms with Gasteiger partial charge in [-0.2, -0.15) is 10.5 Å². The van der Waals surface area contributed by atoms with E-state index in [-0.39, 0.29) is 5.57 Å². The predicted octanol–water partition coefficient (Wildman–Crippen LogP) is 4.21. The number of nitrogens with zero attached hydrogens (tertiary/aromatic N) is 2. The van der Waals surface area contributed by atoms with Crippen molar-refractivity contribution >= 4 is 17.2 Å². The maximum Gasteiger partial charge on any atom is 0.138 e. The topological polar surface area (TPSA) is 66.0 Å². The first-order valence-corrected chi connectivity index (χ1v) is 7.05. The van der Waals surface area contributed by atoms with Gasteiger partial charge in [0.15, 0.2) is 0 Å². The molecule has 0 saturated carbocycles. The first-order valence-electron chi connectivity index (χ1n) is 6.67. The second-order valence-corrected chi connectivity index (χ2v) is 4.98. The summed E-state index contributed by atoms with van der Waals surface area (Å²) in [5, 5.41) is 19.2. The summed E-state index contributed by atoms with van der Waals surface area (Å²) in [4.78, 5) is 0. The molecule has 2 aromatic rings. The standard InChI is InChI=1S/C18H13ClN2O2/c1-22-15-7-8-16(17(9-15)23-2)18(13(10-20)11-21)12-3-5-14(19)6-4-12/h3-9H,1-2H3. The average molecular weight is 325 g/mol. The molecule has 0 aliphatic carbocycles. The first kappa shape index (κ1) is 16.4. The summed E-state index contributed by atoms with van der Waals surface area (Å²) in [6.45, 7) is 0. The van der Waals surface area contributed by atoms with E-state index >= 15 is 0 Å². The van der Waals surface area contributed by atoms with Crippen molar-refractivity contribution in [2.45, 2.75) is 0 Å². The molecule has 23 heavy (non-hydrogen) atoms. The maximum atomic E-state index is 9.32. The number of benzene rings is 2. The van der Waals surface area contributed by atoms with E-state index in [1.165, 1.54) is 7.11 Å². The fourth-order valence-corrected chi connectivity index (χ4v) is 2.32. The van der Waals surface area contributed by atoms with Crippen molar-refractivity contribution in [1.29, 1.82) is 10.5 Å². The van der Waals surface area contributed by atoms with E-state index in [2.05, 4.69) is 0 Å². The molecule has 0 saturated heterocycles. The molecule has 0 heterocycles. The molecule has 0 bridgehead atoms. The number of allylic oxidation sites excluding steroid dienone is 1. The van der Waals surface area contributed by atoms with Crippen LogP contribution in [0, 0.1) is 22.7 Å². The zero-order valence-electron chi connectivity index (χ0n) is 12.6. The van der Waals surface area contributed by atoms with Gasteiger partial charge < -0.3 is 9.47 Å². The summed E-state index contributed by atoms with van der Waals surface area (Å²) in [5.41, 5.74) is 1.83. The van der Waals surface area contributed by atoms with Crippen molar-refractivity contribution in [3.05, 3.63) is 64.2 Å². The number of methoxy groups -OCH3 is 2. The van der Waals surface area contributed by atoms with Crippen molar-refractivity contribution in [1.82, 2.24) is 0 Å². The lowest BCUT2D eigenvalue weighted by atomic mass is 9.93. The molecule has 0 spiro atoms. The van der Waals surface area contributed by atoms with Crippen LogP contribution in [0.1, 0.15) is 11.1 Å². The van der Waals surface area contributed by atoms with Gasteiger partial charge in [-0.3, -0.25) is 0 Å². The largest absolute Gasteiger partial charge is 0.497 e. The molecule has 114 valence electrons. The number of nitriles is 2. The van der Waals surface area contributed by atoms with Crippen LogP contribution in [0.2, 0.25) is 5.02 Å². The van der Waals surface area contributed by atoms with Crippen LogP contribution in [-0.4, -0.2) is 14.2 Å². The van der Waals surface area contributed by atoms with Gasteiger partial charge in [0.05, 0.1) is 14.2 Å². The minimum Gasteiger partial charge on any atom is -0.497 e. The molecule has 0 aliphatic rings. The van der Waals surface area contributed by atoms with Crippen LogP contribution in [0.5, 0.6) is 11.5 Å². The van der Waals surface area contributed by atoms with E-state index in [4.69, 9.17) is 21.1 Å². The lowest BCUT2D eigenvalue weighted by Gasteiger charge is -2.14. The molecular weight excluding hydrogens is 312 g/mol. The quantitative estimate of drug-likeness (QED) is 0.790. The van der Waals surface area contributed by atoms with Gasteiger partial charge >= 0.3 is 0 Å². The Labute approximate surface area is 139 Å². The Morgan fingerprint density at radius 2 is 1.61 bits per heavy atom. The van der Waals surface area contributed by atoms with Crippen molar-refractivity contribution in [3.63, 3.8) is 0 Å².